The minimum atomic E-state index is -0.460. The van der Waals surface area contributed by atoms with Crippen LogP contribution in [0.2, 0.25) is 0 Å². The van der Waals surface area contributed by atoms with E-state index in [1.54, 1.807) is 17.7 Å². The van der Waals surface area contributed by atoms with Gasteiger partial charge in [-0.3, -0.25) is 4.79 Å². The minimum absolute atomic E-state index is 0. The normalized spacial score (nSPS) is 9.48. The van der Waals surface area contributed by atoms with Gasteiger partial charge < -0.3 is 15.8 Å². The van der Waals surface area contributed by atoms with Gasteiger partial charge >= 0.3 is 5.97 Å². The lowest BCUT2D eigenvalue weighted by atomic mass is 10.4. The lowest BCUT2D eigenvalue weighted by Gasteiger charge is -2.00. The molecule has 0 unspecified atom stereocenters. The number of nitrogens with zero attached hydrogens (tertiary/aromatic N) is 2. The number of nitrogens with one attached hydrogen (secondary N) is 1. The van der Waals surface area contributed by atoms with Crippen molar-refractivity contribution in [2.75, 3.05) is 6.61 Å². The van der Waals surface area contributed by atoms with Gasteiger partial charge in [-0.15, -0.1) is 47.5 Å². The van der Waals surface area contributed by atoms with Crippen molar-refractivity contribution in [3.05, 3.63) is 32.2 Å². The standard InChI is InChI=1S/C12H14N4O3S2.2ClH/c1-2-19-12(18)8-6-21-10(16-8)4-14-11(17)7-5-20-9(3-13)15-7;;/h5-6H,2-4,13H2,1H3,(H,14,17);2*1H. The topological polar surface area (TPSA) is 107 Å². The Morgan fingerprint density at radius 1 is 1.17 bits per heavy atom. The molecule has 0 aliphatic rings. The van der Waals surface area contributed by atoms with Crippen LogP contribution in [-0.2, 0) is 17.8 Å². The molecular formula is C12H16Cl2N4O3S2. The zero-order chi connectivity index (χ0) is 15.2. The van der Waals surface area contributed by atoms with Crippen molar-refractivity contribution < 1.29 is 14.3 Å². The predicted molar refractivity (Wildman–Crippen MR) is 93.7 cm³/mol. The summed E-state index contributed by atoms with van der Waals surface area (Å²) in [5, 5.41) is 7.29. The highest BCUT2D eigenvalue weighted by Gasteiger charge is 2.13. The molecule has 0 spiro atoms. The van der Waals surface area contributed by atoms with Crippen molar-refractivity contribution in [2.45, 2.75) is 20.0 Å². The number of thiazole rings is 2. The van der Waals surface area contributed by atoms with Gasteiger partial charge in [-0.1, -0.05) is 0 Å². The number of carbonyl (C=O) groups is 2. The van der Waals surface area contributed by atoms with Crippen LogP contribution in [0.3, 0.4) is 0 Å². The van der Waals surface area contributed by atoms with E-state index in [2.05, 4.69) is 15.3 Å². The molecule has 2 aromatic rings. The van der Waals surface area contributed by atoms with Crippen LogP contribution in [0.1, 0.15) is 37.9 Å². The quantitative estimate of drug-likeness (QED) is 0.720. The Bertz CT molecular complexity index is 648. The molecular weight excluding hydrogens is 383 g/mol. The fourth-order valence-corrected chi connectivity index (χ4v) is 2.80. The molecule has 0 aromatic carbocycles. The fourth-order valence-electron chi connectivity index (χ4n) is 1.45. The molecule has 2 heterocycles. The van der Waals surface area contributed by atoms with Crippen LogP contribution in [0, 0.1) is 0 Å². The third kappa shape index (κ3) is 6.04. The van der Waals surface area contributed by atoms with Gasteiger partial charge in [0, 0.05) is 17.3 Å². The van der Waals surface area contributed by atoms with Gasteiger partial charge in [0.15, 0.2) is 5.69 Å². The van der Waals surface area contributed by atoms with Crippen molar-refractivity contribution in [1.29, 1.82) is 0 Å². The third-order valence-corrected chi connectivity index (χ3v) is 4.12. The molecule has 2 aromatic heterocycles. The maximum atomic E-state index is 11.9. The molecule has 2 rings (SSSR count). The highest BCUT2D eigenvalue weighted by atomic mass is 35.5. The summed E-state index contributed by atoms with van der Waals surface area (Å²) in [6.07, 6.45) is 0. The summed E-state index contributed by atoms with van der Waals surface area (Å²) < 4.78 is 4.85. The summed E-state index contributed by atoms with van der Waals surface area (Å²) in [5.74, 6) is -0.753. The lowest BCUT2D eigenvalue weighted by Crippen LogP contribution is -2.23. The van der Waals surface area contributed by atoms with Crippen molar-refractivity contribution >= 4 is 59.4 Å². The van der Waals surface area contributed by atoms with Gasteiger partial charge in [-0.05, 0) is 6.92 Å². The number of hydrogen-bond donors (Lipinski definition) is 2. The van der Waals surface area contributed by atoms with Gasteiger partial charge in [0.25, 0.3) is 5.91 Å². The maximum absolute atomic E-state index is 11.9. The number of hydrogen-bond acceptors (Lipinski definition) is 8. The number of rotatable bonds is 6. The van der Waals surface area contributed by atoms with Crippen LogP contribution in [-0.4, -0.2) is 28.5 Å². The van der Waals surface area contributed by atoms with E-state index < -0.39 is 5.97 Å². The van der Waals surface area contributed by atoms with Gasteiger partial charge in [0.1, 0.15) is 15.7 Å². The van der Waals surface area contributed by atoms with E-state index in [1.807, 2.05) is 0 Å². The first-order chi connectivity index (χ1) is 10.1. The fraction of sp³-hybridized carbons (Fsp3) is 0.333. The summed E-state index contributed by atoms with van der Waals surface area (Å²) in [7, 11) is 0. The Hall–Kier alpha value is -1.26. The van der Waals surface area contributed by atoms with Gasteiger partial charge in [-0.2, -0.15) is 0 Å². The molecule has 0 saturated carbocycles. The highest BCUT2D eigenvalue weighted by molar-refractivity contribution is 7.10. The Kier molecular flexibility index (Phi) is 9.93. The number of halogens is 2. The van der Waals surface area contributed by atoms with Gasteiger partial charge in [0.2, 0.25) is 0 Å². The summed E-state index contributed by atoms with van der Waals surface area (Å²) >= 11 is 2.63. The van der Waals surface area contributed by atoms with Crippen molar-refractivity contribution in [2.24, 2.45) is 5.73 Å². The number of aromatic nitrogens is 2. The molecule has 1 amide bonds. The van der Waals surface area contributed by atoms with Crippen LogP contribution in [0.5, 0.6) is 0 Å². The van der Waals surface area contributed by atoms with Crippen LogP contribution in [0.15, 0.2) is 10.8 Å². The maximum Gasteiger partial charge on any atom is 0.357 e. The summed E-state index contributed by atoms with van der Waals surface area (Å²) in [5.41, 5.74) is 6.04. The number of ether oxygens (including phenoxy) is 1. The smallest absolute Gasteiger partial charge is 0.357 e. The second kappa shape index (κ2) is 10.5. The van der Waals surface area contributed by atoms with E-state index in [0.29, 0.717) is 28.9 Å². The van der Waals surface area contributed by atoms with E-state index in [-0.39, 0.29) is 43.0 Å². The van der Waals surface area contributed by atoms with Crippen LogP contribution >= 0.6 is 47.5 Å². The van der Waals surface area contributed by atoms with E-state index in [0.717, 1.165) is 0 Å². The minimum Gasteiger partial charge on any atom is -0.461 e. The highest BCUT2D eigenvalue weighted by Crippen LogP contribution is 2.12. The first kappa shape index (κ1) is 21.7. The van der Waals surface area contributed by atoms with Gasteiger partial charge in [-0.25, -0.2) is 14.8 Å². The van der Waals surface area contributed by atoms with Crippen molar-refractivity contribution in [3.8, 4) is 0 Å². The number of amides is 1. The zero-order valence-electron chi connectivity index (χ0n) is 12.1. The number of nitrogens with two attached hydrogens (primary N) is 1. The summed E-state index contributed by atoms with van der Waals surface area (Å²) in [4.78, 5) is 31.5. The molecule has 128 valence electrons. The van der Waals surface area contributed by atoms with Crippen molar-refractivity contribution in [3.63, 3.8) is 0 Å². The molecule has 0 bridgehead atoms. The predicted octanol–water partition coefficient (Wildman–Crippen LogP) is 2.01. The van der Waals surface area contributed by atoms with E-state index in [1.165, 1.54) is 22.7 Å². The summed E-state index contributed by atoms with van der Waals surface area (Å²) in [6, 6.07) is 0. The van der Waals surface area contributed by atoms with Crippen LogP contribution in [0.4, 0.5) is 0 Å². The molecule has 0 aliphatic carbocycles. The second-order valence-electron chi connectivity index (χ2n) is 3.86. The van der Waals surface area contributed by atoms with E-state index >= 15 is 0 Å². The first-order valence-corrected chi connectivity index (χ1v) is 7.94. The largest absolute Gasteiger partial charge is 0.461 e. The molecule has 0 fully saturated rings. The lowest BCUT2D eigenvalue weighted by molar-refractivity contribution is 0.0520. The number of carbonyl (C=O) groups excluding carboxylic acids is 2. The molecule has 3 N–H and O–H groups in total. The third-order valence-electron chi connectivity index (χ3n) is 2.40. The van der Waals surface area contributed by atoms with Crippen LogP contribution in [0.25, 0.3) is 0 Å². The molecule has 0 saturated heterocycles. The Morgan fingerprint density at radius 3 is 2.39 bits per heavy atom. The molecule has 0 atom stereocenters. The van der Waals surface area contributed by atoms with Crippen LogP contribution < -0.4 is 11.1 Å². The first-order valence-electron chi connectivity index (χ1n) is 6.18. The Labute approximate surface area is 153 Å². The molecule has 11 heteroatoms. The zero-order valence-corrected chi connectivity index (χ0v) is 15.4. The average molecular weight is 399 g/mol. The second-order valence-corrected chi connectivity index (χ2v) is 5.75. The van der Waals surface area contributed by atoms with E-state index in [9.17, 15) is 9.59 Å². The SMILES string of the molecule is CCOC(=O)c1csc(CNC(=O)c2csc(CN)n2)n1.Cl.Cl. The molecule has 7 nitrogen and oxygen atoms in total. The average Bonchev–Trinajstić information content (AvgIpc) is 3.14. The monoisotopic (exact) mass is 398 g/mol. The van der Waals surface area contributed by atoms with Crippen molar-refractivity contribution in [1.82, 2.24) is 15.3 Å². The molecule has 0 radical (unpaired) electrons. The van der Waals surface area contributed by atoms with Gasteiger partial charge in [0.05, 0.1) is 13.2 Å². The molecule has 23 heavy (non-hydrogen) atoms. The number of esters is 1. The Balaban J connectivity index is 0.00000242. The summed E-state index contributed by atoms with van der Waals surface area (Å²) in [6.45, 7) is 2.58. The van der Waals surface area contributed by atoms with E-state index in [4.69, 9.17) is 10.5 Å². The molecule has 0 aliphatic heterocycles. The Morgan fingerprint density at radius 2 is 1.78 bits per heavy atom.